The Morgan fingerprint density at radius 3 is 2.62 bits per heavy atom. The summed E-state index contributed by atoms with van der Waals surface area (Å²) in [5.41, 5.74) is 1.19. The number of carboxylic acid groups (broad SMARTS) is 1. The van der Waals surface area contributed by atoms with Crippen LogP contribution in [0.4, 0.5) is 5.13 Å². The van der Waals surface area contributed by atoms with Gasteiger partial charge in [-0.2, -0.15) is 0 Å². The minimum atomic E-state index is -0.719. The lowest BCUT2D eigenvalue weighted by molar-refractivity contribution is -0.136. The molecule has 0 spiro atoms. The summed E-state index contributed by atoms with van der Waals surface area (Å²) in [6, 6.07) is 0. The molecular weight excluding hydrogens is 286 g/mol. The van der Waals surface area contributed by atoms with E-state index in [0.717, 1.165) is 37.9 Å². The number of piperazine rings is 1. The van der Waals surface area contributed by atoms with Crippen molar-refractivity contribution in [1.29, 1.82) is 0 Å². The van der Waals surface area contributed by atoms with Crippen LogP contribution in [-0.4, -0.2) is 53.7 Å². The van der Waals surface area contributed by atoms with Gasteiger partial charge in [-0.05, 0) is 25.8 Å². The monoisotopic (exact) mass is 309 g/mol. The maximum Gasteiger partial charge on any atom is 0.303 e. The Balaban J connectivity index is 1.70. The molecule has 3 rings (SSSR count). The van der Waals surface area contributed by atoms with Crippen molar-refractivity contribution in [3.8, 4) is 0 Å². The van der Waals surface area contributed by atoms with E-state index in [9.17, 15) is 4.79 Å². The zero-order chi connectivity index (χ0) is 14.8. The minimum Gasteiger partial charge on any atom is -0.481 e. The highest BCUT2D eigenvalue weighted by atomic mass is 32.1. The minimum absolute atomic E-state index is 0.213. The van der Waals surface area contributed by atoms with Gasteiger partial charge in [0.25, 0.3) is 0 Å². The molecule has 0 unspecified atom stereocenters. The third-order valence-electron chi connectivity index (χ3n) is 4.34. The van der Waals surface area contributed by atoms with E-state index in [4.69, 9.17) is 10.1 Å². The molecule has 0 radical (unpaired) electrons. The van der Waals surface area contributed by atoms with Gasteiger partial charge in [-0.3, -0.25) is 4.79 Å². The number of hydrogen-bond acceptors (Lipinski definition) is 5. The van der Waals surface area contributed by atoms with E-state index in [0.29, 0.717) is 12.3 Å². The highest BCUT2D eigenvalue weighted by Crippen LogP contribution is 2.44. The molecule has 1 aliphatic carbocycles. The summed E-state index contributed by atoms with van der Waals surface area (Å²) in [6.45, 7) is 7.57. The fraction of sp³-hybridized carbons (Fsp3) is 0.733. The molecule has 1 saturated carbocycles. The third kappa shape index (κ3) is 3.55. The Kier molecular flexibility index (Phi) is 4.45. The quantitative estimate of drug-likeness (QED) is 0.873. The number of likely N-dealkylation sites (N-methyl/N-ethyl adjacent to an activating group) is 1. The third-order valence-corrected chi connectivity index (χ3v) is 5.53. The molecule has 1 aliphatic heterocycles. The smallest absolute Gasteiger partial charge is 0.303 e. The Morgan fingerprint density at radius 2 is 2.05 bits per heavy atom. The van der Waals surface area contributed by atoms with E-state index in [1.54, 1.807) is 11.3 Å². The predicted molar refractivity (Wildman–Crippen MR) is 84.4 cm³/mol. The molecule has 0 amide bonds. The van der Waals surface area contributed by atoms with Crippen molar-refractivity contribution in [3.63, 3.8) is 0 Å². The average molecular weight is 309 g/mol. The topological polar surface area (TPSA) is 56.7 Å². The van der Waals surface area contributed by atoms with Crippen LogP contribution in [0.3, 0.4) is 0 Å². The molecule has 21 heavy (non-hydrogen) atoms. The van der Waals surface area contributed by atoms with Crippen LogP contribution < -0.4 is 4.90 Å². The van der Waals surface area contributed by atoms with Crippen LogP contribution in [-0.2, 0) is 11.2 Å². The standard InChI is InChI=1S/C15H23N3O2S/c1-2-17-7-9-18(10-8-17)15-16-14(11-3-4-11)12(21-15)5-6-13(19)20/h11H,2-10H2,1H3,(H,19,20). The molecule has 5 nitrogen and oxygen atoms in total. The number of aryl methyl sites for hydroxylation is 1. The number of carboxylic acids is 1. The van der Waals surface area contributed by atoms with Crippen LogP contribution in [0.15, 0.2) is 0 Å². The van der Waals surface area contributed by atoms with Crippen LogP contribution in [0, 0.1) is 0 Å². The van der Waals surface area contributed by atoms with Gasteiger partial charge in [-0.15, -0.1) is 11.3 Å². The fourth-order valence-corrected chi connectivity index (χ4v) is 4.01. The lowest BCUT2D eigenvalue weighted by atomic mass is 10.2. The average Bonchev–Trinajstić information content (AvgIpc) is 3.25. The summed E-state index contributed by atoms with van der Waals surface area (Å²) < 4.78 is 0. The van der Waals surface area contributed by atoms with Gasteiger partial charge in [0.05, 0.1) is 12.1 Å². The molecule has 6 heteroatoms. The predicted octanol–water partition coefficient (Wildman–Crippen LogP) is 2.18. The van der Waals surface area contributed by atoms with Crippen LogP contribution in [0.5, 0.6) is 0 Å². The van der Waals surface area contributed by atoms with Crippen molar-refractivity contribution >= 4 is 22.4 Å². The maximum absolute atomic E-state index is 10.8. The first kappa shape index (κ1) is 14.8. The lowest BCUT2D eigenvalue weighted by Gasteiger charge is -2.33. The number of carbonyl (C=O) groups is 1. The Hall–Kier alpha value is -1.14. The van der Waals surface area contributed by atoms with Crippen molar-refractivity contribution < 1.29 is 9.90 Å². The second-order valence-corrected chi connectivity index (χ2v) is 6.96. The zero-order valence-corrected chi connectivity index (χ0v) is 13.4. The van der Waals surface area contributed by atoms with Crippen molar-refractivity contribution in [2.24, 2.45) is 0 Å². The van der Waals surface area contributed by atoms with Gasteiger partial charge in [0.1, 0.15) is 0 Å². The molecule has 1 aromatic rings. The summed E-state index contributed by atoms with van der Waals surface area (Å²) in [5, 5.41) is 10.0. The van der Waals surface area contributed by atoms with Crippen LogP contribution in [0.25, 0.3) is 0 Å². The maximum atomic E-state index is 10.8. The first-order valence-electron chi connectivity index (χ1n) is 7.86. The highest BCUT2D eigenvalue weighted by molar-refractivity contribution is 7.15. The van der Waals surface area contributed by atoms with Gasteiger partial charge in [0.15, 0.2) is 5.13 Å². The van der Waals surface area contributed by atoms with Crippen molar-refractivity contribution in [2.45, 2.75) is 38.5 Å². The van der Waals surface area contributed by atoms with Crippen LogP contribution in [0.2, 0.25) is 0 Å². The zero-order valence-electron chi connectivity index (χ0n) is 12.5. The first-order chi connectivity index (χ1) is 10.2. The van der Waals surface area contributed by atoms with Gasteiger partial charge in [0, 0.05) is 37.0 Å². The summed E-state index contributed by atoms with van der Waals surface area (Å²) in [7, 11) is 0. The molecule has 1 saturated heterocycles. The van der Waals surface area contributed by atoms with Crippen molar-refractivity contribution in [2.75, 3.05) is 37.6 Å². The molecular formula is C15H23N3O2S. The number of thiazole rings is 1. The second-order valence-electron chi connectivity index (χ2n) is 5.89. The number of hydrogen-bond donors (Lipinski definition) is 1. The summed E-state index contributed by atoms with van der Waals surface area (Å²) in [5.74, 6) is -0.126. The Bertz CT molecular complexity index is 505. The van der Waals surface area contributed by atoms with Crippen LogP contribution >= 0.6 is 11.3 Å². The second kappa shape index (κ2) is 6.32. The number of aromatic nitrogens is 1. The van der Waals surface area contributed by atoms with Gasteiger partial charge < -0.3 is 14.9 Å². The largest absolute Gasteiger partial charge is 0.481 e. The summed E-state index contributed by atoms with van der Waals surface area (Å²) in [4.78, 5) is 21.7. The van der Waals surface area contributed by atoms with Crippen molar-refractivity contribution in [1.82, 2.24) is 9.88 Å². The van der Waals surface area contributed by atoms with Gasteiger partial charge >= 0.3 is 5.97 Å². The highest BCUT2D eigenvalue weighted by Gasteiger charge is 2.31. The first-order valence-corrected chi connectivity index (χ1v) is 8.67. The number of nitrogens with zero attached hydrogens (tertiary/aromatic N) is 3. The summed E-state index contributed by atoms with van der Waals surface area (Å²) in [6.07, 6.45) is 3.28. The van der Waals surface area contributed by atoms with Crippen molar-refractivity contribution in [3.05, 3.63) is 10.6 Å². The number of aliphatic carboxylic acids is 1. The van der Waals surface area contributed by atoms with Gasteiger partial charge in [-0.25, -0.2) is 4.98 Å². The van der Waals surface area contributed by atoms with Gasteiger partial charge in [0.2, 0.25) is 0 Å². The van der Waals surface area contributed by atoms with E-state index in [-0.39, 0.29) is 6.42 Å². The molecule has 0 atom stereocenters. The fourth-order valence-electron chi connectivity index (χ4n) is 2.82. The molecule has 2 heterocycles. The molecule has 116 valence electrons. The van der Waals surface area contributed by atoms with E-state index < -0.39 is 5.97 Å². The molecule has 2 fully saturated rings. The molecule has 2 aliphatic rings. The molecule has 1 N–H and O–H groups in total. The molecule has 0 bridgehead atoms. The van der Waals surface area contributed by atoms with E-state index in [2.05, 4.69) is 16.7 Å². The number of anilines is 1. The van der Waals surface area contributed by atoms with Crippen LogP contribution in [0.1, 0.15) is 42.7 Å². The van der Waals surface area contributed by atoms with Gasteiger partial charge in [-0.1, -0.05) is 6.92 Å². The van der Waals surface area contributed by atoms with E-state index >= 15 is 0 Å². The van der Waals surface area contributed by atoms with E-state index in [1.807, 2.05) is 0 Å². The lowest BCUT2D eigenvalue weighted by Crippen LogP contribution is -2.46. The van der Waals surface area contributed by atoms with E-state index in [1.165, 1.54) is 23.4 Å². The normalized spacial score (nSPS) is 20.0. The SMILES string of the molecule is CCN1CCN(c2nc(C3CC3)c(CCC(=O)O)s2)CC1. The number of rotatable bonds is 6. The molecule has 0 aromatic carbocycles. The molecule has 1 aromatic heterocycles. The summed E-state index contributed by atoms with van der Waals surface area (Å²) >= 11 is 1.72. The Morgan fingerprint density at radius 1 is 1.33 bits per heavy atom. The Labute approximate surface area is 129 Å².